The lowest BCUT2D eigenvalue weighted by Gasteiger charge is -2.19. The molecule has 0 saturated carbocycles. The zero-order valence-electron chi connectivity index (χ0n) is 6.35. The first-order valence-corrected chi connectivity index (χ1v) is 3.07. The maximum atomic E-state index is 7.00. The molecule has 4 nitrogen and oxygen atoms in total. The van der Waals surface area contributed by atoms with E-state index in [1.807, 2.05) is 13.8 Å². The Labute approximate surface area is 78.6 Å². The summed E-state index contributed by atoms with van der Waals surface area (Å²) in [6, 6.07) is 0. The molecule has 5 heteroatoms. The van der Waals surface area contributed by atoms with Crippen LogP contribution in [-0.4, -0.2) is 24.1 Å². The van der Waals surface area contributed by atoms with E-state index in [1.54, 1.807) is 5.01 Å². The fraction of sp³-hybridized carbons (Fsp3) is 0.800. The lowest BCUT2D eigenvalue weighted by Crippen LogP contribution is -2.46. The third kappa shape index (κ3) is 4.80. The van der Waals surface area contributed by atoms with Gasteiger partial charge in [0.2, 0.25) is 5.96 Å². The second-order valence-electron chi connectivity index (χ2n) is 1.64. The van der Waals surface area contributed by atoms with Crippen molar-refractivity contribution < 1.29 is 0 Å². The largest absolute Gasteiger partial charge is 0.369 e. The van der Waals surface area contributed by atoms with E-state index in [0.717, 1.165) is 13.1 Å². The maximum Gasteiger partial charge on any atom is 0.203 e. The Morgan fingerprint density at radius 2 is 2.10 bits per heavy atom. The first kappa shape index (κ1) is 12.6. The molecular weight excluding hydrogens is 243 g/mol. The predicted molar refractivity (Wildman–Crippen MR) is 53.4 cm³/mol. The van der Waals surface area contributed by atoms with Gasteiger partial charge in [-0.25, -0.2) is 5.43 Å². The summed E-state index contributed by atoms with van der Waals surface area (Å²) in [5.41, 5.74) is 8.10. The molecular formula is C5H15IN4. The van der Waals surface area contributed by atoms with Gasteiger partial charge in [-0.05, 0) is 6.92 Å². The predicted octanol–water partition coefficient (Wildman–Crippen LogP) is 0.344. The second-order valence-corrected chi connectivity index (χ2v) is 1.64. The Morgan fingerprint density at radius 3 is 2.20 bits per heavy atom. The quantitative estimate of drug-likeness (QED) is 0.296. The first-order chi connectivity index (χ1) is 4.22. The fourth-order valence-corrected chi connectivity index (χ4v) is 0.558. The lowest BCUT2D eigenvalue weighted by molar-refractivity contribution is 0.325. The number of rotatable bonds is 3. The van der Waals surface area contributed by atoms with Crippen molar-refractivity contribution in [1.82, 2.24) is 10.4 Å². The van der Waals surface area contributed by atoms with Gasteiger partial charge in [0, 0.05) is 13.1 Å². The van der Waals surface area contributed by atoms with Crippen LogP contribution in [0.2, 0.25) is 0 Å². The molecule has 0 saturated heterocycles. The van der Waals surface area contributed by atoms with Gasteiger partial charge in [0.05, 0.1) is 0 Å². The minimum Gasteiger partial charge on any atom is -0.369 e. The number of hydrogen-bond donors (Lipinski definition) is 3. The van der Waals surface area contributed by atoms with E-state index in [2.05, 4.69) is 5.43 Å². The minimum absolute atomic E-state index is 0. The van der Waals surface area contributed by atoms with Crippen LogP contribution in [0.1, 0.15) is 13.8 Å². The normalized spacial score (nSPS) is 8.20. The molecule has 0 rings (SSSR count). The van der Waals surface area contributed by atoms with E-state index in [1.165, 1.54) is 0 Å². The molecule has 0 bridgehead atoms. The van der Waals surface area contributed by atoms with Crippen molar-refractivity contribution in [3.8, 4) is 0 Å². The third-order valence-corrected chi connectivity index (χ3v) is 0.956. The highest BCUT2D eigenvalue weighted by Gasteiger charge is 1.97. The van der Waals surface area contributed by atoms with Gasteiger partial charge in [0.25, 0.3) is 0 Å². The third-order valence-electron chi connectivity index (χ3n) is 0.956. The average Bonchev–Trinajstić information content (AvgIpc) is 1.82. The molecule has 0 aliphatic heterocycles. The van der Waals surface area contributed by atoms with Crippen LogP contribution in [0.3, 0.4) is 0 Å². The Hall–Kier alpha value is -0.0400. The summed E-state index contributed by atoms with van der Waals surface area (Å²) in [4.78, 5) is 0. The van der Waals surface area contributed by atoms with E-state index in [-0.39, 0.29) is 29.9 Å². The SMILES string of the molecule is CCNN(CC)C(=N)N.I. The van der Waals surface area contributed by atoms with Crippen molar-refractivity contribution in [2.45, 2.75) is 13.8 Å². The summed E-state index contributed by atoms with van der Waals surface area (Å²) in [6.07, 6.45) is 0. The number of nitrogens with one attached hydrogen (secondary N) is 2. The molecule has 62 valence electrons. The maximum absolute atomic E-state index is 7.00. The molecule has 0 aliphatic carbocycles. The van der Waals surface area contributed by atoms with Gasteiger partial charge in [-0.1, -0.05) is 6.92 Å². The van der Waals surface area contributed by atoms with E-state index in [9.17, 15) is 0 Å². The van der Waals surface area contributed by atoms with Gasteiger partial charge in [0.1, 0.15) is 0 Å². The number of halogens is 1. The summed E-state index contributed by atoms with van der Waals surface area (Å²) >= 11 is 0. The molecule has 0 amide bonds. The van der Waals surface area contributed by atoms with E-state index < -0.39 is 0 Å². The van der Waals surface area contributed by atoms with Crippen molar-refractivity contribution in [3.05, 3.63) is 0 Å². The molecule has 0 spiro atoms. The minimum atomic E-state index is 0. The summed E-state index contributed by atoms with van der Waals surface area (Å²) in [7, 11) is 0. The average molecular weight is 258 g/mol. The molecule has 0 fully saturated rings. The number of hydrogen-bond acceptors (Lipinski definition) is 2. The Balaban J connectivity index is 0. The number of nitrogens with zero attached hydrogens (tertiary/aromatic N) is 1. The highest BCUT2D eigenvalue weighted by Crippen LogP contribution is 1.75. The number of hydrazine groups is 1. The van der Waals surface area contributed by atoms with Crippen molar-refractivity contribution in [1.29, 1.82) is 5.41 Å². The van der Waals surface area contributed by atoms with Crippen LogP contribution >= 0.6 is 24.0 Å². The van der Waals surface area contributed by atoms with Crippen molar-refractivity contribution in [2.75, 3.05) is 13.1 Å². The van der Waals surface area contributed by atoms with Gasteiger partial charge in [0.15, 0.2) is 0 Å². The molecule has 10 heavy (non-hydrogen) atoms. The van der Waals surface area contributed by atoms with Crippen LogP contribution in [-0.2, 0) is 0 Å². The number of guanidine groups is 1. The van der Waals surface area contributed by atoms with Crippen LogP contribution in [0.25, 0.3) is 0 Å². The molecule has 0 aromatic carbocycles. The molecule has 0 aromatic heterocycles. The van der Waals surface area contributed by atoms with Gasteiger partial charge >= 0.3 is 0 Å². The van der Waals surface area contributed by atoms with Gasteiger partial charge in [-0.15, -0.1) is 24.0 Å². The highest BCUT2D eigenvalue weighted by atomic mass is 127. The highest BCUT2D eigenvalue weighted by molar-refractivity contribution is 14.0. The summed E-state index contributed by atoms with van der Waals surface area (Å²) < 4.78 is 0. The standard InChI is InChI=1S/C5H14N4.HI/c1-3-8-9(4-2)5(6)7;/h8H,3-4H2,1-2H3,(H3,6,7);1H. The Kier molecular flexibility index (Phi) is 8.92. The summed E-state index contributed by atoms with van der Waals surface area (Å²) in [5, 5.41) is 8.58. The monoisotopic (exact) mass is 258 g/mol. The van der Waals surface area contributed by atoms with Crippen molar-refractivity contribution in [3.63, 3.8) is 0 Å². The zero-order valence-corrected chi connectivity index (χ0v) is 8.68. The first-order valence-electron chi connectivity index (χ1n) is 3.07. The smallest absolute Gasteiger partial charge is 0.203 e. The number of nitrogens with two attached hydrogens (primary N) is 1. The lowest BCUT2D eigenvalue weighted by atomic mass is 10.7. The molecule has 0 radical (unpaired) electrons. The van der Waals surface area contributed by atoms with E-state index >= 15 is 0 Å². The van der Waals surface area contributed by atoms with E-state index in [4.69, 9.17) is 11.1 Å². The van der Waals surface area contributed by atoms with E-state index in [0.29, 0.717) is 0 Å². The van der Waals surface area contributed by atoms with Crippen LogP contribution in [0.15, 0.2) is 0 Å². The molecule has 0 aromatic rings. The van der Waals surface area contributed by atoms with Gasteiger partial charge in [-0.2, -0.15) is 0 Å². The van der Waals surface area contributed by atoms with Crippen LogP contribution in [0.5, 0.6) is 0 Å². The van der Waals surface area contributed by atoms with Crippen molar-refractivity contribution in [2.24, 2.45) is 5.73 Å². The summed E-state index contributed by atoms with van der Waals surface area (Å²) in [6.45, 7) is 5.42. The molecule has 0 atom stereocenters. The Bertz CT molecular complexity index is 95.6. The molecule has 0 aliphatic rings. The zero-order chi connectivity index (χ0) is 7.28. The fourth-order valence-electron chi connectivity index (χ4n) is 0.558. The second kappa shape index (κ2) is 7.07. The Morgan fingerprint density at radius 1 is 1.60 bits per heavy atom. The molecule has 0 heterocycles. The summed E-state index contributed by atoms with van der Waals surface area (Å²) in [5.74, 6) is 0.0688. The van der Waals surface area contributed by atoms with Gasteiger partial charge in [-0.3, -0.25) is 10.4 Å². The van der Waals surface area contributed by atoms with Crippen molar-refractivity contribution >= 4 is 29.9 Å². The van der Waals surface area contributed by atoms with Gasteiger partial charge < -0.3 is 5.73 Å². The van der Waals surface area contributed by atoms with Crippen LogP contribution in [0.4, 0.5) is 0 Å². The topological polar surface area (TPSA) is 65.1 Å². The van der Waals surface area contributed by atoms with Crippen LogP contribution < -0.4 is 11.2 Å². The molecule has 4 N–H and O–H groups in total. The molecule has 0 unspecified atom stereocenters. The van der Waals surface area contributed by atoms with Crippen LogP contribution in [0, 0.1) is 5.41 Å².